The van der Waals surface area contributed by atoms with Crippen molar-refractivity contribution in [3.05, 3.63) is 33.4 Å². The van der Waals surface area contributed by atoms with Crippen molar-refractivity contribution in [2.24, 2.45) is 0 Å². The van der Waals surface area contributed by atoms with Crippen LogP contribution in [0.3, 0.4) is 0 Å². The first-order chi connectivity index (χ1) is 7.47. The maximum absolute atomic E-state index is 11.5. The summed E-state index contributed by atoms with van der Waals surface area (Å²) in [4.78, 5) is 21.5. The van der Waals surface area contributed by atoms with Crippen molar-refractivity contribution in [2.45, 2.75) is 13.8 Å². The van der Waals surface area contributed by atoms with Gasteiger partial charge in [0.05, 0.1) is 22.8 Å². The zero-order valence-corrected chi connectivity index (χ0v) is 9.02. The van der Waals surface area contributed by atoms with E-state index in [9.17, 15) is 14.9 Å². The number of nitrogen functional groups attached to an aromatic ring is 1. The van der Waals surface area contributed by atoms with Gasteiger partial charge in [-0.3, -0.25) is 10.1 Å². The molecular formula is C10H12N2O4. The summed E-state index contributed by atoms with van der Waals surface area (Å²) in [6, 6.07) is 2.45. The van der Waals surface area contributed by atoms with E-state index in [1.54, 1.807) is 13.8 Å². The van der Waals surface area contributed by atoms with E-state index in [2.05, 4.69) is 0 Å². The van der Waals surface area contributed by atoms with Crippen LogP contribution in [-0.4, -0.2) is 17.5 Å². The first-order valence-corrected chi connectivity index (χ1v) is 4.69. The Morgan fingerprint density at radius 2 is 2.19 bits per heavy atom. The summed E-state index contributed by atoms with van der Waals surface area (Å²) in [6.45, 7) is 3.49. The number of aryl methyl sites for hydroxylation is 1. The number of nitrogens with zero attached hydrogens (tertiary/aromatic N) is 1. The fourth-order valence-electron chi connectivity index (χ4n) is 1.38. The third-order valence-corrected chi connectivity index (χ3v) is 2.04. The summed E-state index contributed by atoms with van der Waals surface area (Å²) in [5, 5.41) is 10.5. The minimum Gasteiger partial charge on any atom is -0.462 e. The maximum Gasteiger partial charge on any atom is 0.340 e. The lowest BCUT2D eigenvalue weighted by Crippen LogP contribution is -2.10. The third kappa shape index (κ3) is 2.28. The van der Waals surface area contributed by atoms with Crippen molar-refractivity contribution in [1.82, 2.24) is 0 Å². The second kappa shape index (κ2) is 4.61. The van der Waals surface area contributed by atoms with Gasteiger partial charge in [-0.25, -0.2) is 4.79 Å². The number of carbonyl (C=O) groups is 1. The average molecular weight is 224 g/mol. The van der Waals surface area contributed by atoms with E-state index in [1.807, 2.05) is 0 Å². The van der Waals surface area contributed by atoms with Crippen molar-refractivity contribution >= 4 is 17.3 Å². The molecule has 1 aromatic carbocycles. The highest BCUT2D eigenvalue weighted by molar-refractivity contribution is 5.97. The van der Waals surface area contributed by atoms with Crippen LogP contribution >= 0.6 is 0 Å². The van der Waals surface area contributed by atoms with Crippen molar-refractivity contribution in [3.63, 3.8) is 0 Å². The number of benzene rings is 1. The Morgan fingerprint density at radius 3 is 2.62 bits per heavy atom. The topological polar surface area (TPSA) is 95.5 Å². The second-order valence-corrected chi connectivity index (χ2v) is 3.20. The van der Waals surface area contributed by atoms with Crippen LogP contribution in [0.1, 0.15) is 22.8 Å². The molecule has 0 unspecified atom stereocenters. The van der Waals surface area contributed by atoms with Crippen LogP contribution in [0.4, 0.5) is 11.4 Å². The summed E-state index contributed by atoms with van der Waals surface area (Å²) < 4.78 is 4.80. The Morgan fingerprint density at radius 1 is 1.56 bits per heavy atom. The fraction of sp³-hybridized carbons (Fsp3) is 0.300. The quantitative estimate of drug-likeness (QED) is 0.364. The van der Waals surface area contributed by atoms with E-state index in [0.29, 0.717) is 5.56 Å². The number of nitro benzene ring substituents is 1. The van der Waals surface area contributed by atoms with Crippen LogP contribution < -0.4 is 5.73 Å². The molecule has 0 saturated heterocycles. The summed E-state index contributed by atoms with van der Waals surface area (Å²) in [7, 11) is 0. The molecule has 0 aliphatic rings. The van der Waals surface area contributed by atoms with Gasteiger partial charge in [0, 0.05) is 12.1 Å². The molecule has 0 aliphatic carbocycles. The Labute approximate surface area is 92.2 Å². The van der Waals surface area contributed by atoms with Crippen LogP contribution in [0.15, 0.2) is 12.1 Å². The van der Waals surface area contributed by atoms with E-state index in [1.165, 1.54) is 6.07 Å². The lowest BCUT2D eigenvalue weighted by Gasteiger charge is -2.08. The molecule has 0 aromatic heterocycles. The molecule has 86 valence electrons. The smallest absolute Gasteiger partial charge is 0.340 e. The Bertz CT molecular complexity index is 419. The summed E-state index contributed by atoms with van der Waals surface area (Å²) >= 11 is 0. The molecule has 0 radical (unpaired) electrons. The molecule has 0 saturated carbocycles. The van der Waals surface area contributed by atoms with Gasteiger partial charge in [0.15, 0.2) is 0 Å². The third-order valence-electron chi connectivity index (χ3n) is 2.04. The summed E-state index contributed by atoms with van der Waals surface area (Å²) in [6.07, 6.45) is 0. The Kier molecular flexibility index (Phi) is 3.44. The van der Waals surface area contributed by atoms with Crippen molar-refractivity contribution in [3.8, 4) is 0 Å². The van der Waals surface area contributed by atoms with Crippen LogP contribution in [0.5, 0.6) is 0 Å². The average Bonchev–Trinajstić information content (AvgIpc) is 2.16. The lowest BCUT2D eigenvalue weighted by atomic mass is 10.1. The molecule has 0 fully saturated rings. The van der Waals surface area contributed by atoms with Crippen molar-refractivity contribution in [1.29, 1.82) is 0 Å². The zero-order valence-electron chi connectivity index (χ0n) is 9.02. The highest BCUT2D eigenvalue weighted by Gasteiger charge is 2.18. The molecule has 0 bridgehead atoms. The molecule has 0 amide bonds. The molecule has 6 heteroatoms. The van der Waals surface area contributed by atoms with Crippen LogP contribution in [0, 0.1) is 17.0 Å². The predicted octanol–water partition coefficient (Wildman–Crippen LogP) is 1.66. The van der Waals surface area contributed by atoms with Gasteiger partial charge in [0.25, 0.3) is 5.69 Å². The van der Waals surface area contributed by atoms with E-state index in [0.717, 1.165) is 6.07 Å². The number of ether oxygens (including phenoxy) is 1. The van der Waals surface area contributed by atoms with Gasteiger partial charge in [-0.15, -0.1) is 0 Å². The van der Waals surface area contributed by atoms with Crippen LogP contribution in [0.2, 0.25) is 0 Å². The van der Waals surface area contributed by atoms with E-state index in [-0.39, 0.29) is 23.5 Å². The molecular weight excluding hydrogens is 212 g/mol. The number of nitro groups is 1. The van der Waals surface area contributed by atoms with Gasteiger partial charge < -0.3 is 10.5 Å². The summed E-state index contributed by atoms with van der Waals surface area (Å²) in [5.41, 5.74) is 6.13. The number of nitrogens with two attached hydrogens (primary N) is 1. The highest BCUT2D eigenvalue weighted by Crippen LogP contribution is 2.24. The Hall–Kier alpha value is -2.11. The standard InChI is InChI=1S/C10H12N2O4/c1-3-16-10(13)9-6(2)4-7(12(14)15)5-8(9)11/h4-5H,3,11H2,1-2H3. The van der Waals surface area contributed by atoms with E-state index in [4.69, 9.17) is 10.5 Å². The lowest BCUT2D eigenvalue weighted by molar-refractivity contribution is -0.384. The van der Waals surface area contributed by atoms with Gasteiger partial charge in [0.1, 0.15) is 0 Å². The molecule has 1 aromatic rings. The zero-order chi connectivity index (χ0) is 12.3. The number of hydrogen-bond donors (Lipinski definition) is 1. The number of rotatable bonds is 3. The monoisotopic (exact) mass is 224 g/mol. The molecule has 0 aliphatic heterocycles. The molecule has 6 nitrogen and oxygen atoms in total. The molecule has 0 spiro atoms. The largest absolute Gasteiger partial charge is 0.462 e. The van der Waals surface area contributed by atoms with Gasteiger partial charge >= 0.3 is 5.97 Å². The highest BCUT2D eigenvalue weighted by atomic mass is 16.6. The molecule has 16 heavy (non-hydrogen) atoms. The first kappa shape index (κ1) is 12.0. The van der Waals surface area contributed by atoms with Crippen LogP contribution in [0.25, 0.3) is 0 Å². The van der Waals surface area contributed by atoms with E-state index >= 15 is 0 Å². The number of hydrogen-bond acceptors (Lipinski definition) is 5. The van der Waals surface area contributed by atoms with Gasteiger partial charge in [-0.1, -0.05) is 0 Å². The van der Waals surface area contributed by atoms with Gasteiger partial charge in [0.2, 0.25) is 0 Å². The van der Waals surface area contributed by atoms with Crippen LogP contribution in [-0.2, 0) is 4.74 Å². The SMILES string of the molecule is CCOC(=O)c1c(C)cc([N+](=O)[O-])cc1N. The number of carbonyl (C=O) groups excluding carboxylic acids is 1. The number of esters is 1. The number of non-ortho nitro benzene ring substituents is 1. The molecule has 0 heterocycles. The predicted molar refractivity (Wildman–Crippen MR) is 58.2 cm³/mol. The minimum atomic E-state index is -0.563. The fourth-order valence-corrected chi connectivity index (χ4v) is 1.38. The van der Waals surface area contributed by atoms with Crippen molar-refractivity contribution in [2.75, 3.05) is 12.3 Å². The summed E-state index contributed by atoms with van der Waals surface area (Å²) in [5.74, 6) is -0.563. The maximum atomic E-state index is 11.5. The normalized spacial score (nSPS) is 9.88. The van der Waals surface area contributed by atoms with Crippen molar-refractivity contribution < 1.29 is 14.5 Å². The number of anilines is 1. The van der Waals surface area contributed by atoms with Gasteiger partial charge in [-0.2, -0.15) is 0 Å². The molecule has 1 rings (SSSR count). The Balaban J connectivity index is 3.22. The molecule has 2 N–H and O–H groups in total. The van der Waals surface area contributed by atoms with Gasteiger partial charge in [-0.05, 0) is 19.4 Å². The molecule has 0 atom stereocenters. The first-order valence-electron chi connectivity index (χ1n) is 4.69. The minimum absolute atomic E-state index is 0.0603. The second-order valence-electron chi connectivity index (χ2n) is 3.20. The van der Waals surface area contributed by atoms with E-state index < -0.39 is 10.9 Å².